The van der Waals surface area contributed by atoms with E-state index in [0.29, 0.717) is 12.1 Å². The molecule has 1 saturated carbocycles. The van der Waals surface area contributed by atoms with Crippen molar-refractivity contribution in [3.8, 4) is 11.8 Å². The molecule has 1 aliphatic rings. The largest absolute Gasteiger partial charge is 0.390 e. The van der Waals surface area contributed by atoms with Crippen LogP contribution >= 0.6 is 0 Å². The van der Waals surface area contributed by atoms with Gasteiger partial charge in [0.2, 0.25) is 0 Å². The fourth-order valence-corrected chi connectivity index (χ4v) is 3.96. The quantitative estimate of drug-likeness (QED) is 0.326. The van der Waals surface area contributed by atoms with Crippen LogP contribution in [0.5, 0.6) is 0 Å². The molecule has 190 valence electrons. The number of halogens is 1. The van der Waals surface area contributed by atoms with Gasteiger partial charge < -0.3 is 19.7 Å². The Morgan fingerprint density at radius 2 is 2.20 bits per heavy atom. The van der Waals surface area contributed by atoms with Crippen molar-refractivity contribution < 1.29 is 31.6 Å². The Balaban J connectivity index is 1.72. The molecule has 0 aromatic carbocycles. The van der Waals surface area contributed by atoms with Gasteiger partial charge in [0.1, 0.15) is 23.9 Å². The zero-order valence-electron chi connectivity index (χ0n) is 19.5. The van der Waals surface area contributed by atoms with Gasteiger partial charge in [-0.05, 0) is 26.3 Å². The van der Waals surface area contributed by atoms with Crippen LogP contribution in [0.1, 0.15) is 36.2 Å². The Kier molecular flexibility index (Phi) is 8.24. The molecule has 4 N–H and O–H groups in total. The number of rotatable bonds is 9. The van der Waals surface area contributed by atoms with E-state index in [1.165, 1.54) is 12.5 Å². The topological polar surface area (TPSA) is 159 Å². The second kappa shape index (κ2) is 10.8. The number of methoxy groups -OCH3 is 1. The summed E-state index contributed by atoms with van der Waals surface area (Å²) in [5, 5.41) is 17.8. The van der Waals surface area contributed by atoms with Crippen LogP contribution in [-0.2, 0) is 25.8 Å². The maximum Gasteiger partial charge on any atom is 0.333 e. The fourth-order valence-electron chi connectivity index (χ4n) is 3.59. The Bertz CT molecular complexity index is 1220. The van der Waals surface area contributed by atoms with Gasteiger partial charge in [0.05, 0.1) is 30.9 Å². The third-order valence-corrected chi connectivity index (χ3v) is 6.11. The van der Waals surface area contributed by atoms with Gasteiger partial charge in [-0.25, -0.2) is 19.5 Å². The van der Waals surface area contributed by atoms with E-state index < -0.39 is 46.7 Å². The van der Waals surface area contributed by atoms with Gasteiger partial charge in [0, 0.05) is 37.2 Å². The number of hydrogen-bond acceptors (Lipinski definition) is 9. The van der Waals surface area contributed by atoms with Crippen molar-refractivity contribution in [2.45, 2.75) is 50.7 Å². The number of aliphatic hydroxyl groups is 1. The standard InChI is InChI=1S/C22H28FN5O6S/c1-22(2,33-3)6-4-7-28-8-5-14(11-28)19(29)16-10-25-13-26-21(16)27-17-9-15(20(30)18(17)23)12-34-35(24,31)32/h5,8,10-11,13,15,17-18,20,30H,7,9,12H2,1-3H3,(H2,24,31,32)(H,25,26,27)/t15?,17-,18-,20-/m1/s1. The molecular weight excluding hydrogens is 481 g/mol. The summed E-state index contributed by atoms with van der Waals surface area (Å²) in [5.41, 5.74) is -0.111. The van der Waals surface area contributed by atoms with Gasteiger partial charge in [-0.2, -0.15) is 8.42 Å². The molecule has 2 heterocycles. The van der Waals surface area contributed by atoms with Crippen molar-refractivity contribution in [3.05, 3.63) is 42.1 Å². The molecule has 1 unspecified atom stereocenters. The van der Waals surface area contributed by atoms with E-state index in [2.05, 4.69) is 31.3 Å². The minimum atomic E-state index is -4.23. The summed E-state index contributed by atoms with van der Waals surface area (Å²) in [6.07, 6.45) is 2.66. The molecule has 0 saturated heterocycles. The van der Waals surface area contributed by atoms with E-state index in [4.69, 9.17) is 9.88 Å². The first-order valence-electron chi connectivity index (χ1n) is 10.7. The Labute approximate surface area is 203 Å². The summed E-state index contributed by atoms with van der Waals surface area (Å²) >= 11 is 0. The molecule has 11 nitrogen and oxygen atoms in total. The summed E-state index contributed by atoms with van der Waals surface area (Å²) in [5.74, 6) is 4.87. The van der Waals surface area contributed by atoms with Crippen molar-refractivity contribution >= 4 is 21.9 Å². The highest BCUT2D eigenvalue weighted by Gasteiger charge is 2.44. The number of aliphatic hydroxyl groups excluding tert-OH is 1. The zero-order chi connectivity index (χ0) is 25.8. The van der Waals surface area contributed by atoms with Gasteiger partial charge in [-0.3, -0.25) is 8.98 Å². The Hall–Kier alpha value is -2.89. The van der Waals surface area contributed by atoms with Crippen molar-refractivity contribution in [2.75, 3.05) is 19.0 Å². The molecule has 1 aliphatic carbocycles. The van der Waals surface area contributed by atoms with Crippen LogP contribution in [-0.4, -0.2) is 71.5 Å². The number of carbonyl (C=O) groups is 1. The Morgan fingerprint density at radius 1 is 1.46 bits per heavy atom. The lowest BCUT2D eigenvalue weighted by atomic mass is 10.1. The zero-order valence-corrected chi connectivity index (χ0v) is 20.3. The highest BCUT2D eigenvalue weighted by molar-refractivity contribution is 7.84. The molecule has 35 heavy (non-hydrogen) atoms. The van der Waals surface area contributed by atoms with Crippen LogP contribution < -0.4 is 10.5 Å². The van der Waals surface area contributed by atoms with Crippen LogP contribution in [0.4, 0.5) is 10.2 Å². The molecule has 0 aliphatic heterocycles. The molecule has 4 atom stereocenters. The number of aromatic nitrogens is 3. The first-order chi connectivity index (χ1) is 16.4. The monoisotopic (exact) mass is 509 g/mol. The molecular formula is C22H28FN5O6S. The van der Waals surface area contributed by atoms with E-state index in [9.17, 15) is 22.7 Å². The summed E-state index contributed by atoms with van der Waals surface area (Å²) in [6, 6.07) is 0.685. The van der Waals surface area contributed by atoms with Crippen molar-refractivity contribution in [1.82, 2.24) is 14.5 Å². The van der Waals surface area contributed by atoms with E-state index >= 15 is 0 Å². The Morgan fingerprint density at radius 3 is 2.89 bits per heavy atom. The number of nitrogens with two attached hydrogens (primary N) is 1. The first kappa shape index (κ1) is 26.7. The predicted octanol–water partition coefficient (Wildman–Crippen LogP) is 0.657. The minimum Gasteiger partial charge on any atom is -0.390 e. The molecule has 2 aromatic heterocycles. The van der Waals surface area contributed by atoms with Crippen molar-refractivity contribution in [2.24, 2.45) is 11.1 Å². The predicted molar refractivity (Wildman–Crippen MR) is 124 cm³/mol. The number of nitrogens with zero attached hydrogens (tertiary/aromatic N) is 3. The van der Waals surface area contributed by atoms with Crippen LogP contribution in [0.15, 0.2) is 31.0 Å². The maximum atomic E-state index is 14.7. The summed E-state index contributed by atoms with van der Waals surface area (Å²) in [4.78, 5) is 21.1. The van der Waals surface area contributed by atoms with Crippen LogP contribution in [0.25, 0.3) is 0 Å². The second-order valence-electron chi connectivity index (χ2n) is 8.66. The first-order valence-corrected chi connectivity index (χ1v) is 12.2. The second-order valence-corrected chi connectivity index (χ2v) is 9.88. The third kappa shape index (κ3) is 7.06. The molecule has 3 rings (SSSR count). The van der Waals surface area contributed by atoms with Crippen LogP contribution in [0, 0.1) is 17.8 Å². The van der Waals surface area contributed by atoms with Crippen LogP contribution in [0.3, 0.4) is 0 Å². The summed E-state index contributed by atoms with van der Waals surface area (Å²) in [6.45, 7) is 3.57. The molecule has 2 aromatic rings. The number of alkyl halides is 1. The van der Waals surface area contributed by atoms with E-state index in [1.54, 1.807) is 30.1 Å². The number of ether oxygens (including phenoxy) is 1. The van der Waals surface area contributed by atoms with Crippen molar-refractivity contribution in [1.29, 1.82) is 0 Å². The number of ketones is 1. The SMILES string of the molecule is COC(C)(C)C#CCn1ccc(C(=O)c2cncnc2N[C@@H]2CC(COS(N)(=O)=O)[C@@H](O)[C@@H]2F)c1. The highest BCUT2D eigenvalue weighted by Crippen LogP contribution is 2.32. The van der Waals surface area contributed by atoms with Gasteiger partial charge in [0.25, 0.3) is 0 Å². The van der Waals surface area contributed by atoms with Gasteiger partial charge in [0.15, 0.2) is 5.78 Å². The summed E-state index contributed by atoms with van der Waals surface area (Å²) in [7, 11) is -2.65. The molecule has 0 radical (unpaired) electrons. The van der Waals surface area contributed by atoms with Gasteiger partial charge in [-0.15, -0.1) is 0 Å². The van der Waals surface area contributed by atoms with E-state index in [1.807, 2.05) is 13.8 Å². The molecule has 0 bridgehead atoms. The number of nitrogens with one attached hydrogen (secondary N) is 1. The molecule has 1 fully saturated rings. The normalized spacial score (nSPS) is 22.5. The number of anilines is 1. The maximum absolute atomic E-state index is 14.7. The van der Waals surface area contributed by atoms with Gasteiger partial charge in [-0.1, -0.05) is 11.8 Å². The lowest BCUT2D eigenvalue weighted by Crippen LogP contribution is -2.33. The lowest BCUT2D eigenvalue weighted by Gasteiger charge is -2.18. The van der Waals surface area contributed by atoms with Crippen molar-refractivity contribution in [3.63, 3.8) is 0 Å². The molecule has 0 amide bonds. The fraction of sp³-hybridized carbons (Fsp3) is 0.500. The highest BCUT2D eigenvalue weighted by atomic mass is 32.2. The minimum absolute atomic E-state index is 0.0301. The number of hydrogen-bond donors (Lipinski definition) is 3. The average molecular weight is 510 g/mol. The smallest absolute Gasteiger partial charge is 0.333 e. The van der Waals surface area contributed by atoms with E-state index in [-0.39, 0.29) is 23.6 Å². The summed E-state index contributed by atoms with van der Waals surface area (Å²) < 4.78 is 48.3. The van der Waals surface area contributed by atoms with Crippen LogP contribution in [0.2, 0.25) is 0 Å². The van der Waals surface area contributed by atoms with E-state index in [0.717, 1.165) is 0 Å². The van der Waals surface area contributed by atoms with Gasteiger partial charge >= 0.3 is 10.3 Å². The third-order valence-electron chi connectivity index (χ3n) is 5.65. The molecule has 13 heteroatoms. The lowest BCUT2D eigenvalue weighted by molar-refractivity contribution is 0.0501. The number of carbonyl (C=O) groups excluding carboxylic acids is 1. The molecule has 0 spiro atoms. The average Bonchev–Trinajstić information content (AvgIpc) is 3.37.